The first-order valence-corrected chi connectivity index (χ1v) is 21.7. The Morgan fingerprint density at radius 2 is 1.31 bits per heavy atom. The summed E-state index contributed by atoms with van der Waals surface area (Å²) in [7, 11) is 1.46. The van der Waals surface area contributed by atoms with Gasteiger partial charge in [-0.05, 0) is 98.1 Å². The van der Waals surface area contributed by atoms with E-state index in [-0.39, 0.29) is 49.6 Å². The van der Waals surface area contributed by atoms with E-state index >= 15 is 0 Å². The maximum Gasteiger partial charge on any atom is 0.326 e. The van der Waals surface area contributed by atoms with E-state index in [1.807, 2.05) is 13.8 Å². The zero-order chi connectivity index (χ0) is 46.1. The molecule has 1 aliphatic heterocycles. The second kappa shape index (κ2) is 24.5. The normalized spacial score (nSPS) is 22.7. The number of nitrogens with one attached hydrogen (secondary N) is 6. The average molecular weight is 866 g/mol. The van der Waals surface area contributed by atoms with Crippen molar-refractivity contribution in [1.29, 1.82) is 0 Å². The Morgan fingerprint density at radius 3 is 1.84 bits per heavy atom. The molecule has 0 radical (unpaired) electrons. The van der Waals surface area contributed by atoms with Crippen LogP contribution in [0.15, 0.2) is 48.5 Å². The minimum atomic E-state index is -1.23. The van der Waals surface area contributed by atoms with E-state index in [0.717, 1.165) is 11.1 Å². The Morgan fingerprint density at radius 1 is 0.742 bits per heavy atom. The number of amides is 7. The van der Waals surface area contributed by atoms with Crippen molar-refractivity contribution in [1.82, 2.24) is 36.8 Å². The van der Waals surface area contributed by atoms with Crippen molar-refractivity contribution in [3.05, 3.63) is 59.7 Å². The van der Waals surface area contributed by atoms with Gasteiger partial charge in [0.15, 0.2) is 0 Å². The van der Waals surface area contributed by atoms with Crippen molar-refractivity contribution in [3.63, 3.8) is 0 Å². The van der Waals surface area contributed by atoms with Crippen molar-refractivity contribution >= 4 is 41.5 Å². The highest BCUT2D eigenvalue weighted by Crippen LogP contribution is 2.19. The number of hydrogen-bond donors (Lipinski definition) is 9. The lowest BCUT2D eigenvalue weighted by Gasteiger charge is -2.34. The van der Waals surface area contributed by atoms with E-state index in [9.17, 15) is 48.9 Å². The van der Waals surface area contributed by atoms with E-state index in [1.165, 1.54) is 36.2 Å². The van der Waals surface area contributed by atoms with E-state index in [0.29, 0.717) is 32.1 Å². The van der Waals surface area contributed by atoms with Gasteiger partial charge in [0.25, 0.3) is 0 Å². The third-order valence-electron chi connectivity index (χ3n) is 11.7. The summed E-state index contributed by atoms with van der Waals surface area (Å²) in [6.07, 6.45) is 2.56. The van der Waals surface area contributed by atoms with Crippen LogP contribution in [0, 0.1) is 17.8 Å². The van der Waals surface area contributed by atoms with Gasteiger partial charge in [0.1, 0.15) is 47.8 Å². The number of phenolic OH excluding ortho intramolecular Hbond substituents is 2. The third kappa shape index (κ3) is 15.2. The van der Waals surface area contributed by atoms with Gasteiger partial charge in [-0.1, -0.05) is 78.6 Å². The topological polar surface area (TPSA) is 256 Å². The molecule has 0 saturated carbocycles. The van der Waals surface area contributed by atoms with E-state index in [2.05, 4.69) is 31.9 Å². The molecule has 0 spiro atoms. The molecule has 17 nitrogen and oxygen atoms in total. The standard InChI is InChI=1S/C45H67N7O10/c1-8-27(5)37-41(57)46-25-11-10-12-33(48-45(62)51-38(44(60)61)28(6)9-2)39(55)49-36(26(3)4)42(58)47-34(23-17-29-13-19-31(53)20-14-29)43(59)52(7)35(40(56)50-37)24-18-30-15-21-32(54)22-16-30/h13-16,19-22,26-28,33-38,53-54H,8-12,17-18,23-25H2,1-7H3,(H,46,57)(H,47,58)(H,49,55)(H,50,56)(H,60,61)(H2,48,51,62)/t27-,28-,33+,34-,35-,36-,37-,38-/m0/s1. The molecule has 1 fully saturated rings. The quantitative estimate of drug-likeness (QED) is 0.134. The molecule has 342 valence electrons. The van der Waals surface area contributed by atoms with Gasteiger partial charge in [0.2, 0.25) is 29.5 Å². The maximum absolute atomic E-state index is 14.7. The number of hydrogen-bond acceptors (Lipinski definition) is 9. The lowest BCUT2D eigenvalue weighted by molar-refractivity contribution is -0.143. The number of urea groups is 1. The Balaban J connectivity index is 2.07. The molecular formula is C45H67N7O10. The van der Waals surface area contributed by atoms with Crippen LogP contribution < -0.4 is 31.9 Å². The number of aromatic hydroxyl groups is 2. The van der Waals surface area contributed by atoms with Crippen LogP contribution in [-0.4, -0.2) is 112 Å². The zero-order valence-electron chi connectivity index (χ0n) is 37.0. The SMILES string of the molecule is CC[C@H](C)[C@H](NC(=O)N[C@@H]1CCCCNC(=O)[C@H]([C@@H](C)CC)NC(=O)[C@H](CCc2ccc(O)cc2)N(C)C(=O)[C@H](CCc2ccc(O)cc2)NC(=O)[C@H](C(C)C)NC1=O)C(=O)O. The number of carboxylic acid groups (broad SMARTS) is 1. The second-order valence-corrected chi connectivity index (χ2v) is 16.7. The largest absolute Gasteiger partial charge is 0.508 e. The van der Waals surface area contributed by atoms with Gasteiger partial charge in [-0.2, -0.15) is 0 Å². The molecule has 0 bridgehead atoms. The van der Waals surface area contributed by atoms with Crippen LogP contribution in [0.3, 0.4) is 0 Å². The molecule has 0 aliphatic carbocycles. The van der Waals surface area contributed by atoms with Gasteiger partial charge in [-0.25, -0.2) is 9.59 Å². The number of carboxylic acids is 1. The predicted octanol–water partition coefficient (Wildman–Crippen LogP) is 3.11. The van der Waals surface area contributed by atoms with Gasteiger partial charge >= 0.3 is 12.0 Å². The fourth-order valence-electron chi connectivity index (χ4n) is 7.19. The van der Waals surface area contributed by atoms with Gasteiger partial charge in [-0.3, -0.25) is 24.0 Å². The van der Waals surface area contributed by atoms with E-state index < -0.39 is 89.6 Å². The number of nitrogens with zero attached hydrogens (tertiary/aromatic N) is 1. The van der Waals surface area contributed by atoms with Gasteiger partial charge in [-0.15, -0.1) is 0 Å². The average Bonchev–Trinajstić information content (AvgIpc) is 3.24. The molecule has 3 rings (SSSR count). The highest BCUT2D eigenvalue weighted by molar-refractivity contribution is 5.96. The molecule has 2 aromatic carbocycles. The number of aryl methyl sites for hydroxylation is 2. The van der Waals surface area contributed by atoms with Crippen LogP contribution in [0.1, 0.15) is 97.6 Å². The minimum absolute atomic E-state index is 0.0506. The maximum atomic E-state index is 14.7. The fourth-order valence-corrected chi connectivity index (χ4v) is 7.19. The first-order valence-electron chi connectivity index (χ1n) is 21.7. The number of phenols is 2. The van der Waals surface area contributed by atoms with E-state index in [1.54, 1.807) is 52.0 Å². The summed E-state index contributed by atoms with van der Waals surface area (Å²) >= 11 is 0. The number of carbonyl (C=O) groups excluding carboxylic acids is 6. The summed E-state index contributed by atoms with van der Waals surface area (Å²) in [5.41, 5.74) is 1.55. The lowest BCUT2D eigenvalue weighted by atomic mass is 9.96. The van der Waals surface area contributed by atoms with Crippen LogP contribution in [-0.2, 0) is 41.6 Å². The smallest absolute Gasteiger partial charge is 0.326 e. The molecule has 7 amide bonds. The summed E-state index contributed by atoms with van der Waals surface area (Å²) in [6, 6.07) is 5.03. The first kappa shape index (κ1) is 50.5. The summed E-state index contributed by atoms with van der Waals surface area (Å²) in [6.45, 7) is 10.8. The Bertz CT molecular complexity index is 1820. The summed E-state index contributed by atoms with van der Waals surface area (Å²) in [5, 5.41) is 45.9. The molecule has 17 heteroatoms. The van der Waals surface area contributed by atoms with Crippen LogP contribution in [0.25, 0.3) is 0 Å². The molecule has 9 N–H and O–H groups in total. The van der Waals surface area contributed by atoms with Crippen LogP contribution >= 0.6 is 0 Å². The number of likely N-dealkylation sites (N-methyl/N-ethyl adjacent to an activating group) is 1. The van der Waals surface area contributed by atoms with Crippen LogP contribution in [0.4, 0.5) is 4.79 Å². The Kier molecular flexibility index (Phi) is 20.0. The van der Waals surface area contributed by atoms with Crippen molar-refractivity contribution in [2.45, 2.75) is 136 Å². The first-order chi connectivity index (χ1) is 29.4. The Hall–Kier alpha value is -5.87. The number of carbonyl (C=O) groups is 7. The number of benzene rings is 2. The monoisotopic (exact) mass is 865 g/mol. The molecule has 1 saturated heterocycles. The molecule has 0 aromatic heterocycles. The third-order valence-corrected chi connectivity index (χ3v) is 11.7. The molecule has 8 atom stereocenters. The molecule has 2 aromatic rings. The van der Waals surface area contributed by atoms with Crippen molar-refractivity contribution in [2.75, 3.05) is 13.6 Å². The van der Waals surface area contributed by atoms with Gasteiger partial charge < -0.3 is 52.1 Å². The highest BCUT2D eigenvalue weighted by Gasteiger charge is 2.37. The van der Waals surface area contributed by atoms with Crippen molar-refractivity contribution < 1.29 is 48.9 Å². The zero-order valence-corrected chi connectivity index (χ0v) is 37.0. The molecule has 1 aliphatic rings. The molecule has 1 heterocycles. The van der Waals surface area contributed by atoms with E-state index in [4.69, 9.17) is 0 Å². The lowest BCUT2D eigenvalue weighted by Crippen LogP contribution is -2.61. The molecular weight excluding hydrogens is 799 g/mol. The molecule has 0 unspecified atom stereocenters. The van der Waals surface area contributed by atoms with Crippen molar-refractivity contribution in [2.24, 2.45) is 17.8 Å². The van der Waals surface area contributed by atoms with Gasteiger partial charge in [0, 0.05) is 13.6 Å². The highest BCUT2D eigenvalue weighted by atomic mass is 16.4. The fraction of sp³-hybridized carbons (Fsp3) is 0.578. The van der Waals surface area contributed by atoms with Crippen LogP contribution in [0.2, 0.25) is 0 Å². The second-order valence-electron chi connectivity index (χ2n) is 16.7. The summed E-state index contributed by atoms with van der Waals surface area (Å²) < 4.78 is 0. The molecule has 62 heavy (non-hydrogen) atoms. The summed E-state index contributed by atoms with van der Waals surface area (Å²) in [5.74, 6) is -5.36. The van der Waals surface area contributed by atoms with Crippen molar-refractivity contribution in [3.8, 4) is 11.5 Å². The minimum Gasteiger partial charge on any atom is -0.508 e. The Labute approximate surface area is 364 Å². The number of rotatable bonds is 14. The predicted molar refractivity (Wildman–Crippen MR) is 233 cm³/mol. The van der Waals surface area contributed by atoms with Gasteiger partial charge in [0.05, 0.1) is 0 Å². The van der Waals surface area contributed by atoms with Crippen LogP contribution in [0.5, 0.6) is 11.5 Å². The number of aliphatic carboxylic acids is 1. The summed E-state index contributed by atoms with van der Waals surface area (Å²) in [4.78, 5) is 97.4.